The van der Waals surface area contributed by atoms with Crippen LogP contribution in [0.1, 0.15) is 12.8 Å². The number of likely N-dealkylation sites (tertiary alicyclic amines) is 1. The quantitative estimate of drug-likeness (QED) is 0.798. The minimum atomic E-state index is -4.18. The van der Waals surface area contributed by atoms with Gasteiger partial charge in [-0.25, -0.2) is 0 Å². The number of halogens is 3. The molecule has 0 aliphatic carbocycles. The van der Waals surface area contributed by atoms with Crippen LogP contribution >= 0.6 is 0 Å². The standard InChI is InChI=1S/C11H22F3N3/c1-16-6-4-9(7-16)8-17(2)10(3-5-15)11(12,13)14/h9-10H,3-8,15H2,1-2H3. The Labute approximate surface area is 101 Å². The molecule has 0 aromatic carbocycles. The lowest BCUT2D eigenvalue weighted by Gasteiger charge is -2.31. The van der Waals surface area contributed by atoms with Gasteiger partial charge in [0.2, 0.25) is 0 Å². The predicted molar refractivity (Wildman–Crippen MR) is 61.7 cm³/mol. The van der Waals surface area contributed by atoms with Crippen LogP contribution in [-0.4, -0.2) is 62.3 Å². The molecule has 1 fully saturated rings. The average molecular weight is 253 g/mol. The first kappa shape index (κ1) is 14.7. The molecule has 1 rings (SSSR count). The molecule has 1 heterocycles. The third kappa shape index (κ3) is 4.44. The molecule has 2 N–H and O–H groups in total. The van der Waals surface area contributed by atoms with Crippen molar-refractivity contribution in [3.05, 3.63) is 0 Å². The first-order valence-electron chi connectivity index (χ1n) is 6.00. The molecule has 6 heteroatoms. The number of hydrogen-bond acceptors (Lipinski definition) is 3. The van der Waals surface area contributed by atoms with Crippen LogP contribution in [0.25, 0.3) is 0 Å². The number of nitrogens with zero attached hydrogens (tertiary/aromatic N) is 2. The molecule has 17 heavy (non-hydrogen) atoms. The van der Waals surface area contributed by atoms with Crippen LogP contribution in [-0.2, 0) is 0 Å². The molecule has 2 unspecified atom stereocenters. The molecule has 0 amide bonds. The lowest BCUT2D eigenvalue weighted by molar-refractivity contribution is -0.182. The smallest absolute Gasteiger partial charge is 0.330 e. The van der Waals surface area contributed by atoms with E-state index in [1.165, 1.54) is 4.90 Å². The lowest BCUT2D eigenvalue weighted by Crippen LogP contribution is -2.46. The molecule has 0 saturated carbocycles. The van der Waals surface area contributed by atoms with Crippen molar-refractivity contribution >= 4 is 0 Å². The Morgan fingerprint density at radius 3 is 2.53 bits per heavy atom. The van der Waals surface area contributed by atoms with E-state index in [2.05, 4.69) is 4.90 Å². The highest BCUT2D eigenvalue weighted by molar-refractivity contribution is 4.82. The Morgan fingerprint density at radius 1 is 1.47 bits per heavy atom. The van der Waals surface area contributed by atoms with E-state index in [1.54, 1.807) is 7.05 Å². The molecule has 0 bridgehead atoms. The summed E-state index contributed by atoms with van der Waals surface area (Å²) in [6.45, 7) is 2.43. The van der Waals surface area contributed by atoms with E-state index >= 15 is 0 Å². The van der Waals surface area contributed by atoms with Crippen molar-refractivity contribution in [3.8, 4) is 0 Å². The van der Waals surface area contributed by atoms with Gasteiger partial charge in [0.25, 0.3) is 0 Å². The second-order valence-corrected chi connectivity index (χ2v) is 4.99. The topological polar surface area (TPSA) is 32.5 Å². The number of alkyl halides is 3. The van der Waals surface area contributed by atoms with Crippen LogP contribution in [0.3, 0.4) is 0 Å². The summed E-state index contributed by atoms with van der Waals surface area (Å²) in [7, 11) is 3.55. The zero-order valence-corrected chi connectivity index (χ0v) is 10.5. The van der Waals surface area contributed by atoms with E-state index in [1.807, 2.05) is 7.05 Å². The van der Waals surface area contributed by atoms with Gasteiger partial charge in [0.1, 0.15) is 6.04 Å². The number of hydrogen-bond donors (Lipinski definition) is 1. The van der Waals surface area contributed by atoms with E-state index in [0.717, 1.165) is 19.5 Å². The maximum atomic E-state index is 12.8. The summed E-state index contributed by atoms with van der Waals surface area (Å²) in [5.74, 6) is 0.340. The summed E-state index contributed by atoms with van der Waals surface area (Å²) in [5, 5.41) is 0. The van der Waals surface area contributed by atoms with Gasteiger partial charge in [-0.2, -0.15) is 13.2 Å². The van der Waals surface area contributed by atoms with Crippen molar-refractivity contribution < 1.29 is 13.2 Å². The monoisotopic (exact) mass is 253 g/mol. The summed E-state index contributed by atoms with van der Waals surface area (Å²) < 4.78 is 38.4. The second kappa shape index (κ2) is 6.02. The van der Waals surface area contributed by atoms with Gasteiger partial charge in [0.05, 0.1) is 0 Å². The Balaban J connectivity index is 2.50. The molecule has 2 atom stereocenters. The second-order valence-electron chi connectivity index (χ2n) is 4.99. The summed E-state index contributed by atoms with van der Waals surface area (Å²) >= 11 is 0. The molecule has 0 radical (unpaired) electrons. The SMILES string of the molecule is CN1CCC(CN(C)C(CCN)C(F)(F)F)C1. The van der Waals surface area contributed by atoms with Crippen LogP contribution in [0.5, 0.6) is 0 Å². The summed E-state index contributed by atoms with van der Waals surface area (Å²) in [6, 6.07) is -1.40. The third-order valence-corrected chi connectivity index (χ3v) is 3.39. The molecule has 0 aromatic heterocycles. The predicted octanol–water partition coefficient (Wildman–Crippen LogP) is 1.15. The normalized spacial score (nSPS) is 24.5. The van der Waals surface area contributed by atoms with Gasteiger partial charge >= 0.3 is 6.18 Å². The van der Waals surface area contributed by atoms with Crippen LogP contribution in [0.2, 0.25) is 0 Å². The fourth-order valence-corrected chi connectivity index (χ4v) is 2.50. The Hall–Kier alpha value is -0.330. The van der Waals surface area contributed by atoms with Crippen molar-refractivity contribution in [2.45, 2.75) is 25.1 Å². The zero-order chi connectivity index (χ0) is 13.1. The molecule has 1 saturated heterocycles. The maximum absolute atomic E-state index is 12.8. The van der Waals surface area contributed by atoms with Crippen molar-refractivity contribution in [1.82, 2.24) is 9.80 Å². The molecule has 3 nitrogen and oxygen atoms in total. The van der Waals surface area contributed by atoms with Crippen LogP contribution in [0.4, 0.5) is 13.2 Å². The number of rotatable bonds is 5. The van der Waals surface area contributed by atoms with E-state index < -0.39 is 12.2 Å². The first-order valence-corrected chi connectivity index (χ1v) is 6.00. The van der Waals surface area contributed by atoms with Crippen molar-refractivity contribution in [2.24, 2.45) is 11.7 Å². The van der Waals surface area contributed by atoms with Crippen LogP contribution in [0.15, 0.2) is 0 Å². The first-order chi connectivity index (χ1) is 7.84. The van der Waals surface area contributed by atoms with Crippen molar-refractivity contribution in [3.63, 3.8) is 0 Å². The molecular weight excluding hydrogens is 231 g/mol. The molecular formula is C11H22F3N3. The van der Waals surface area contributed by atoms with E-state index in [4.69, 9.17) is 5.73 Å². The van der Waals surface area contributed by atoms with Gasteiger partial charge in [0, 0.05) is 13.1 Å². The lowest BCUT2D eigenvalue weighted by atomic mass is 10.1. The van der Waals surface area contributed by atoms with Gasteiger partial charge in [-0.15, -0.1) is 0 Å². The summed E-state index contributed by atoms with van der Waals surface area (Å²) in [5.41, 5.74) is 5.26. The molecule has 1 aliphatic heterocycles. The minimum Gasteiger partial charge on any atom is -0.330 e. The summed E-state index contributed by atoms with van der Waals surface area (Å²) in [6.07, 6.45) is -3.23. The molecule has 1 aliphatic rings. The third-order valence-electron chi connectivity index (χ3n) is 3.39. The Kier molecular flexibility index (Phi) is 5.22. The largest absolute Gasteiger partial charge is 0.404 e. The highest BCUT2D eigenvalue weighted by atomic mass is 19.4. The minimum absolute atomic E-state index is 0.0252. The average Bonchev–Trinajstić information content (AvgIpc) is 2.58. The molecule has 0 spiro atoms. The van der Waals surface area contributed by atoms with Gasteiger partial charge in [-0.3, -0.25) is 4.90 Å². The highest BCUT2D eigenvalue weighted by Gasteiger charge is 2.42. The van der Waals surface area contributed by atoms with Crippen molar-refractivity contribution in [2.75, 3.05) is 40.3 Å². The molecule has 102 valence electrons. The Morgan fingerprint density at radius 2 is 2.12 bits per heavy atom. The van der Waals surface area contributed by atoms with Crippen LogP contribution < -0.4 is 5.73 Å². The molecule has 0 aromatic rings. The van der Waals surface area contributed by atoms with Gasteiger partial charge in [0.15, 0.2) is 0 Å². The fraction of sp³-hybridized carbons (Fsp3) is 1.00. The number of nitrogens with two attached hydrogens (primary N) is 1. The maximum Gasteiger partial charge on any atom is 0.404 e. The Bertz CT molecular complexity index is 232. The van der Waals surface area contributed by atoms with E-state index in [0.29, 0.717) is 12.5 Å². The zero-order valence-electron chi connectivity index (χ0n) is 10.5. The van der Waals surface area contributed by atoms with Gasteiger partial charge in [-0.05, 0) is 45.9 Å². The summed E-state index contributed by atoms with van der Waals surface area (Å²) in [4.78, 5) is 3.57. The van der Waals surface area contributed by atoms with Gasteiger partial charge < -0.3 is 10.6 Å². The fourth-order valence-electron chi connectivity index (χ4n) is 2.50. The van der Waals surface area contributed by atoms with Crippen LogP contribution in [0, 0.1) is 5.92 Å². The van der Waals surface area contributed by atoms with E-state index in [9.17, 15) is 13.2 Å². The van der Waals surface area contributed by atoms with Crippen molar-refractivity contribution in [1.29, 1.82) is 0 Å². The van der Waals surface area contributed by atoms with Gasteiger partial charge in [-0.1, -0.05) is 0 Å². The highest BCUT2D eigenvalue weighted by Crippen LogP contribution is 2.27. The van der Waals surface area contributed by atoms with E-state index in [-0.39, 0.29) is 13.0 Å².